The molecule has 7 heteroatoms. The highest BCUT2D eigenvalue weighted by Crippen LogP contribution is 2.20. The first-order chi connectivity index (χ1) is 12.9. The highest BCUT2D eigenvalue weighted by Gasteiger charge is 2.26. The van der Waals surface area contributed by atoms with Crippen LogP contribution in [0.5, 0.6) is 0 Å². The Hall–Kier alpha value is -1.63. The molecule has 2 heterocycles. The number of anilines is 1. The smallest absolute Gasteiger partial charge is 0.253 e. The van der Waals surface area contributed by atoms with E-state index in [4.69, 9.17) is 0 Å². The average molecular weight is 409 g/mol. The Labute approximate surface area is 174 Å². The lowest BCUT2D eigenvalue weighted by Gasteiger charge is -2.35. The monoisotopic (exact) mass is 408 g/mol. The molecule has 2 N–H and O–H groups in total. The molecular weight excluding hydrogens is 376 g/mol. The molecule has 2 aliphatic rings. The zero-order valence-corrected chi connectivity index (χ0v) is 17.9. The standard InChI is InChI=1S/C21H32N4O2.ClH/c1-15-13-17(10-11-22-15)20(26)23-18-8-6-16(7-9-18)21(27)25(3)19-5-4-12-24(2)14-19;/h6-9,15,17,19,22H,4-5,10-14H2,1-3H3,(H,23,26);1H/t15-,17-,19?;/m0./s1. The van der Waals surface area contributed by atoms with Crippen LogP contribution in [0.4, 0.5) is 5.69 Å². The highest BCUT2D eigenvalue weighted by molar-refractivity contribution is 5.96. The molecular formula is C21H33ClN4O2. The van der Waals surface area contributed by atoms with Crippen molar-refractivity contribution in [1.29, 1.82) is 0 Å². The minimum atomic E-state index is 0. The van der Waals surface area contributed by atoms with Gasteiger partial charge in [0.15, 0.2) is 0 Å². The lowest BCUT2D eigenvalue weighted by Crippen LogP contribution is -2.47. The summed E-state index contributed by atoms with van der Waals surface area (Å²) >= 11 is 0. The molecule has 1 aromatic rings. The fourth-order valence-corrected chi connectivity index (χ4v) is 4.14. The summed E-state index contributed by atoms with van der Waals surface area (Å²) in [5.74, 6) is 0.169. The van der Waals surface area contributed by atoms with Crippen molar-refractivity contribution in [2.75, 3.05) is 39.0 Å². The average Bonchev–Trinajstić information content (AvgIpc) is 2.67. The predicted octanol–water partition coefficient (Wildman–Crippen LogP) is 2.60. The van der Waals surface area contributed by atoms with Crippen molar-refractivity contribution in [3.8, 4) is 0 Å². The van der Waals surface area contributed by atoms with Crippen molar-refractivity contribution in [3.63, 3.8) is 0 Å². The van der Waals surface area contributed by atoms with Gasteiger partial charge in [-0.05, 0) is 77.0 Å². The number of likely N-dealkylation sites (N-methyl/N-ethyl adjacent to an activating group) is 2. The van der Waals surface area contributed by atoms with E-state index in [1.54, 1.807) is 0 Å². The fraction of sp³-hybridized carbons (Fsp3) is 0.619. The van der Waals surface area contributed by atoms with Crippen LogP contribution in [-0.4, -0.2) is 67.4 Å². The van der Waals surface area contributed by atoms with E-state index >= 15 is 0 Å². The normalized spacial score (nSPS) is 25.5. The quantitative estimate of drug-likeness (QED) is 0.803. The van der Waals surface area contributed by atoms with Crippen LogP contribution in [0.2, 0.25) is 0 Å². The molecule has 2 aliphatic heterocycles. The Morgan fingerprint density at radius 3 is 2.57 bits per heavy atom. The third kappa shape index (κ3) is 5.69. The van der Waals surface area contributed by atoms with Crippen molar-refractivity contribution < 1.29 is 9.59 Å². The molecule has 0 saturated carbocycles. The van der Waals surface area contributed by atoms with Crippen LogP contribution in [0.15, 0.2) is 24.3 Å². The van der Waals surface area contributed by atoms with Gasteiger partial charge in [-0.15, -0.1) is 12.4 Å². The maximum Gasteiger partial charge on any atom is 0.253 e. The Morgan fingerprint density at radius 2 is 1.93 bits per heavy atom. The maximum atomic E-state index is 12.8. The van der Waals surface area contributed by atoms with E-state index in [-0.39, 0.29) is 36.2 Å². The molecule has 2 fully saturated rings. The molecule has 1 aromatic carbocycles. The molecule has 3 rings (SSSR count). The van der Waals surface area contributed by atoms with Gasteiger partial charge in [0.1, 0.15) is 0 Å². The molecule has 0 bridgehead atoms. The molecule has 0 aromatic heterocycles. The molecule has 28 heavy (non-hydrogen) atoms. The Bertz CT molecular complexity index is 667. The zero-order valence-electron chi connectivity index (χ0n) is 17.1. The summed E-state index contributed by atoms with van der Waals surface area (Å²) in [7, 11) is 3.99. The summed E-state index contributed by atoms with van der Waals surface area (Å²) in [5.41, 5.74) is 1.42. The van der Waals surface area contributed by atoms with E-state index in [2.05, 4.69) is 29.5 Å². The number of carbonyl (C=O) groups excluding carboxylic acids is 2. The highest BCUT2D eigenvalue weighted by atomic mass is 35.5. The summed E-state index contributed by atoms with van der Waals surface area (Å²) in [6, 6.07) is 7.92. The SMILES string of the molecule is C[C@H]1C[C@@H](C(=O)Nc2ccc(C(=O)N(C)C3CCCN(C)C3)cc2)CCN1.Cl. The Morgan fingerprint density at radius 1 is 1.21 bits per heavy atom. The first-order valence-electron chi connectivity index (χ1n) is 10.0. The topological polar surface area (TPSA) is 64.7 Å². The summed E-state index contributed by atoms with van der Waals surface area (Å²) < 4.78 is 0. The van der Waals surface area contributed by atoms with Crippen LogP contribution in [-0.2, 0) is 4.79 Å². The number of carbonyl (C=O) groups is 2. The number of amides is 2. The predicted molar refractivity (Wildman–Crippen MR) is 115 cm³/mol. The van der Waals surface area contributed by atoms with Crippen molar-refractivity contribution in [2.45, 2.75) is 44.7 Å². The third-order valence-electron chi connectivity index (χ3n) is 5.86. The van der Waals surface area contributed by atoms with E-state index < -0.39 is 0 Å². The molecule has 0 spiro atoms. The lowest BCUT2D eigenvalue weighted by molar-refractivity contribution is -0.120. The second-order valence-corrected chi connectivity index (χ2v) is 8.12. The van der Waals surface area contributed by atoms with E-state index in [9.17, 15) is 9.59 Å². The van der Waals surface area contributed by atoms with Crippen LogP contribution >= 0.6 is 12.4 Å². The minimum Gasteiger partial charge on any atom is -0.337 e. The van der Waals surface area contributed by atoms with Gasteiger partial charge in [0.25, 0.3) is 5.91 Å². The van der Waals surface area contributed by atoms with Gasteiger partial charge in [-0.1, -0.05) is 0 Å². The summed E-state index contributed by atoms with van der Waals surface area (Å²) in [4.78, 5) is 29.4. The molecule has 1 unspecified atom stereocenters. The van der Waals surface area contributed by atoms with E-state index in [0.717, 1.165) is 51.0 Å². The van der Waals surface area contributed by atoms with Crippen molar-refractivity contribution in [2.24, 2.45) is 5.92 Å². The Balaban J connectivity index is 0.00000280. The van der Waals surface area contributed by atoms with Crippen LogP contribution < -0.4 is 10.6 Å². The second kappa shape index (κ2) is 10.2. The molecule has 2 amide bonds. The van der Waals surface area contributed by atoms with Crippen LogP contribution in [0.25, 0.3) is 0 Å². The van der Waals surface area contributed by atoms with Crippen molar-refractivity contribution >= 4 is 29.9 Å². The fourth-order valence-electron chi connectivity index (χ4n) is 4.14. The summed E-state index contributed by atoms with van der Waals surface area (Å²) in [5, 5.41) is 6.36. The van der Waals surface area contributed by atoms with Crippen LogP contribution in [0.1, 0.15) is 43.0 Å². The molecule has 156 valence electrons. The van der Waals surface area contributed by atoms with E-state index in [1.165, 1.54) is 0 Å². The van der Waals surface area contributed by atoms with Gasteiger partial charge < -0.3 is 20.4 Å². The van der Waals surface area contributed by atoms with Gasteiger partial charge in [0.2, 0.25) is 5.91 Å². The third-order valence-corrected chi connectivity index (χ3v) is 5.86. The van der Waals surface area contributed by atoms with E-state index in [0.29, 0.717) is 11.6 Å². The molecule has 2 saturated heterocycles. The minimum absolute atomic E-state index is 0. The summed E-state index contributed by atoms with van der Waals surface area (Å²) in [6.45, 7) is 5.02. The Kier molecular flexibility index (Phi) is 8.28. The molecule has 6 nitrogen and oxygen atoms in total. The van der Waals surface area contributed by atoms with Crippen LogP contribution in [0, 0.1) is 5.92 Å². The van der Waals surface area contributed by atoms with Crippen molar-refractivity contribution in [3.05, 3.63) is 29.8 Å². The number of hydrogen-bond acceptors (Lipinski definition) is 4. The number of likely N-dealkylation sites (tertiary alicyclic amines) is 1. The van der Waals surface area contributed by atoms with Crippen molar-refractivity contribution in [1.82, 2.24) is 15.1 Å². The number of nitrogens with zero attached hydrogens (tertiary/aromatic N) is 2. The number of nitrogens with one attached hydrogen (secondary N) is 2. The van der Waals surface area contributed by atoms with Gasteiger partial charge in [0.05, 0.1) is 0 Å². The number of halogens is 1. The van der Waals surface area contributed by atoms with Gasteiger partial charge >= 0.3 is 0 Å². The van der Waals surface area contributed by atoms with Gasteiger partial charge in [0, 0.05) is 42.8 Å². The zero-order chi connectivity index (χ0) is 19.4. The first kappa shape index (κ1) is 22.7. The lowest BCUT2D eigenvalue weighted by atomic mass is 9.92. The van der Waals surface area contributed by atoms with Gasteiger partial charge in [-0.2, -0.15) is 0 Å². The summed E-state index contributed by atoms with van der Waals surface area (Å²) in [6.07, 6.45) is 3.91. The first-order valence-corrected chi connectivity index (χ1v) is 10.0. The largest absolute Gasteiger partial charge is 0.337 e. The maximum absolute atomic E-state index is 12.8. The number of piperidine rings is 2. The van der Waals surface area contributed by atoms with E-state index in [1.807, 2.05) is 36.2 Å². The molecule has 0 aliphatic carbocycles. The molecule has 3 atom stereocenters. The number of benzene rings is 1. The molecule has 0 radical (unpaired) electrons. The van der Waals surface area contributed by atoms with Gasteiger partial charge in [-0.3, -0.25) is 9.59 Å². The second-order valence-electron chi connectivity index (χ2n) is 8.12. The number of hydrogen-bond donors (Lipinski definition) is 2. The van der Waals surface area contributed by atoms with Crippen LogP contribution in [0.3, 0.4) is 0 Å². The number of rotatable bonds is 4. The van der Waals surface area contributed by atoms with Gasteiger partial charge in [-0.25, -0.2) is 0 Å².